The zero-order chi connectivity index (χ0) is 30.7. The lowest BCUT2D eigenvalue weighted by atomic mass is 9.90. The van der Waals surface area contributed by atoms with Crippen molar-refractivity contribution in [3.05, 3.63) is 89.1 Å². The number of aromatic nitrogens is 4. The first kappa shape index (κ1) is 30.3. The zero-order valence-electron chi connectivity index (χ0n) is 26.0. The molecule has 10 heteroatoms. The molecule has 1 unspecified atom stereocenters. The van der Waals surface area contributed by atoms with Crippen LogP contribution < -0.4 is 0 Å². The topological polar surface area (TPSA) is 93.5 Å². The molecule has 1 aromatic carbocycles. The summed E-state index contributed by atoms with van der Waals surface area (Å²) in [6, 6.07) is 16.6. The van der Waals surface area contributed by atoms with Gasteiger partial charge in [0.2, 0.25) is 0 Å². The summed E-state index contributed by atoms with van der Waals surface area (Å²) < 4.78 is 8.39. The molecule has 1 atom stereocenters. The van der Waals surface area contributed by atoms with Gasteiger partial charge >= 0.3 is 0 Å². The summed E-state index contributed by atoms with van der Waals surface area (Å²) in [5, 5.41) is 0. The molecule has 0 N–H and O–H groups in total. The first-order chi connectivity index (χ1) is 21.3. The molecule has 1 aliphatic heterocycles. The average molecular weight is 611 g/mol. The fourth-order valence-corrected chi connectivity index (χ4v) is 7.06. The number of amides is 2. The number of hydrogen-bond acceptors (Lipinski definition) is 7. The highest BCUT2D eigenvalue weighted by molar-refractivity contribution is 6.76. The normalized spacial score (nSPS) is 16.6. The number of pyridine rings is 2. The van der Waals surface area contributed by atoms with E-state index in [2.05, 4.69) is 46.2 Å². The number of carbonyl (C=O) groups excluding carboxylic acids is 2. The molecule has 4 heterocycles. The van der Waals surface area contributed by atoms with Crippen LogP contribution in [0, 0.1) is 0 Å². The summed E-state index contributed by atoms with van der Waals surface area (Å²) >= 11 is 0. The van der Waals surface area contributed by atoms with Crippen molar-refractivity contribution in [1.82, 2.24) is 29.3 Å². The van der Waals surface area contributed by atoms with E-state index in [0.29, 0.717) is 30.9 Å². The summed E-state index contributed by atoms with van der Waals surface area (Å²) in [5.74, 6) is 0.543. The van der Waals surface area contributed by atoms with E-state index in [-0.39, 0.29) is 17.9 Å². The molecular formula is C34H42N6O3Si. The van der Waals surface area contributed by atoms with Crippen molar-refractivity contribution in [3.8, 4) is 0 Å². The first-order valence-electron chi connectivity index (χ1n) is 15.8. The smallest absolute Gasteiger partial charge is 0.261 e. The van der Waals surface area contributed by atoms with E-state index in [0.717, 1.165) is 74.0 Å². The lowest BCUT2D eigenvalue weighted by Gasteiger charge is -2.35. The number of fused-ring (bicyclic) bond motifs is 3. The Hall–Kier alpha value is -3.73. The number of ether oxygens (including phenoxy) is 1. The molecule has 230 valence electrons. The van der Waals surface area contributed by atoms with Gasteiger partial charge < -0.3 is 9.30 Å². The summed E-state index contributed by atoms with van der Waals surface area (Å²) in [7, 11) is -1.21. The number of imide groups is 1. The number of unbranched alkanes of at least 4 members (excludes halogenated alkanes) is 1. The Kier molecular flexibility index (Phi) is 9.02. The Bertz CT molecular complexity index is 1610. The van der Waals surface area contributed by atoms with E-state index in [1.807, 2.05) is 30.5 Å². The van der Waals surface area contributed by atoms with Gasteiger partial charge in [0.25, 0.3) is 11.8 Å². The molecular weight excluding hydrogens is 568 g/mol. The minimum Gasteiger partial charge on any atom is -0.361 e. The van der Waals surface area contributed by atoms with Gasteiger partial charge in [-0.25, -0.2) is 9.97 Å². The SMILES string of the molecule is C[Si](C)(C)CCOCn1c(CN(CCCCN2C(=O)c3ccccc3C2=O)C2CCCc3cccnc32)nc2ncccc21. The van der Waals surface area contributed by atoms with Crippen LogP contribution in [-0.2, 0) is 24.4 Å². The van der Waals surface area contributed by atoms with Crippen LogP contribution in [0.3, 0.4) is 0 Å². The number of hydrogen-bond donors (Lipinski definition) is 0. The van der Waals surface area contributed by atoms with Crippen molar-refractivity contribution in [2.24, 2.45) is 0 Å². The van der Waals surface area contributed by atoms with Crippen molar-refractivity contribution in [2.75, 3.05) is 19.7 Å². The van der Waals surface area contributed by atoms with Crippen molar-refractivity contribution >= 4 is 31.1 Å². The molecule has 4 aromatic rings. The van der Waals surface area contributed by atoms with Crippen molar-refractivity contribution in [1.29, 1.82) is 0 Å². The molecule has 1 aliphatic carbocycles. The van der Waals surface area contributed by atoms with Crippen molar-refractivity contribution < 1.29 is 14.3 Å². The van der Waals surface area contributed by atoms with Gasteiger partial charge in [-0.15, -0.1) is 0 Å². The fraction of sp³-hybridized carbons (Fsp3) is 0.441. The van der Waals surface area contributed by atoms with Crippen LogP contribution in [0.2, 0.25) is 25.7 Å². The highest BCUT2D eigenvalue weighted by Gasteiger charge is 2.35. The Morgan fingerprint density at radius 2 is 1.70 bits per heavy atom. The van der Waals surface area contributed by atoms with Crippen LogP contribution in [0.1, 0.15) is 69.5 Å². The third-order valence-corrected chi connectivity index (χ3v) is 10.4. The molecule has 0 spiro atoms. The summed E-state index contributed by atoms with van der Waals surface area (Å²) in [4.78, 5) is 44.1. The molecule has 6 rings (SSSR count). The molecule has 0 radical (unpaired) electrons. The van der Waals surface area contributed by atoms with Gasteiger partial charge in [-0.05, 0) is 80.6 Å². The largest absolute Gasteiger partial charge is 0.361 e. The standard InChI is InChI=1S/C34H42N6O3Si/c1-44(2,3)22-21-43-24-40-29-16-10-18-36-32(29)37-30(40)23-38(28-15-8-11-25-12-9-17-35-31(25)28)19-6-7-20-39-33(41)26-13-4-5-14-27(26)34(39)42/h4-5,9-10,12-14,16-18,28H,6-8,11,15,19-24H2,1-3H3. The first-order valence-corrected chi connectivity index (χ1v) is 19.5. The second-order valence-corrected chi connectivity index (χ2v) is 18.7. The molecule has 3 aromatic heterocycles. The van der Waals surface area contributed by atoms with E-state index >= 15 is 0 Å². The summed E-state index contributed by atoms with van der Waals surface area (Å²) in [6.45, 7) is 10.1. The highest BCUT2D eigenvalue weighted by Crippen LogP contribution is 2.34. The Balaban J connectivity index is 1.20. The van der Waals surface area contributed by atoms with Gasteiger partial charge in [0.1, 0.15) is 12.6 Å². The molecule has 2 amide bonds. The van der Waals surface area contributed by atoms with Crippen LogP contribution in [0.4, 0.5) is 0 Å². The minimum absolute atomic E-state index is 0.160. The van der Waals surface area contributed by atoms with Crippen LogP contribution >= 0.6 is 0 Å². The number of benzene rings is 1. The average Bonchev–Trinajstić information content (AvgIpc) is 3.49. The number of nitrogens with zero attached hydrogens (tertiary/aromatic N) is 6. The summed E-state index contributed by atoms with van der Waals surface area (Å²) in [6.07, 6.45) is 8.40. The van der Waals surface area contributed by atoms with E-state index in [9.17, 15) is 9.59 Å². The lowest BCUT2D eigenvalue weighted by Crippen LogP contribution is -2.35. The summed E-state index contributed by atoms with van der Waals surface area (Å²) in [5.41, 5.74) is 5.16. The maximum absolute atomic E-state index is 12.9. The lowest BCUT2D eigenvalue weighted by molar-refractivity contribution is 0.0648. The second-order valence-electron chi connectivity index (χ2n) is 13.1. The predicted octanol–water partition coefficient (Wildman–Crippen LogP) is 6.09. The Morgan fingerprint density at radius 1 is 0.955 bits per heavy atom. The number of carbonyl (C=O) groups is 2. The maximum atomic E-state index is 12.9. The molecule has 0 saturated carbocycles. The van der Waals surface area contributed by atoms with Crippen molar-refractivity contribution in [2.45, 2.75) is 77.1 Å². The highest BCUT2D eigenvalue weighted by atomic mass is 28.3. The van der Waals surface area contributed by atoms with Gasteiger partial charge in [0.15, 0.2) is 5.65 Å². The third kappa shape index (κ3) is 6.52. The zero-order valence-corrected chi connectivity index (χ0v) is 27.0. The number of imidazole rings is 1. The van der Waals surface area contributed by atoms with Crippen LogP contribution in [0.15, 0.2) is 60.9 Å². The molecule has 0 fully saturated rings. The van der Waals surface area contributed by atoms with Crippen LogP contribution in [0.25, 0.3) is 11.2 Å². The molecule has 2 aliphatic rings. The van der Waals surface area contributed by atoms with Gasteiger partial charge in [0, 0.05) is 33.6 Å². The van der Waals surface area contributed by atoms with E-state index in [1.54, 1.807) is 18.3 Å². The molecule has 0 bridgehead atoms. The molecule has 9 nitrogen and oxygen atoms in total. The van der Waals surface area contributed by atoms with E-state index < -0.39 is 8.07 Å². The van der Waals surface area contributed by atoms with E-state index in [4.69, 9.17) is 14.7 Å². The van der Waals surface area contributed by atoms with Crippen molar-refractivity contribution in [3.63, 3.8) is 0 Å². The quantitative estimate of drug-likeness (QED) is 0.103. The third-order valence-electron chi connectivity index (χ3n) is 8.73. The second kappa shape index (κ2) is 13.1. The minimum atomic E-state index is -1.21. The molecule has 0 saturated heterocycles. The van der Waals surface area contributed by atoms with Crippen LogP contribution in [-0.4, -0.2) is 68.9 Å². The number of aryl methyl sites for hydroxylation is 1. The van der Waals surface area contributed by atoms with E-state index in [1.165, 1.54) is 10.5 Å². The monoisotopic (exact) mass is 610 g/mol. The fourth-order valence-electron chi connectivity index (χ4n) is 6.30. The number of rotatable bonds is 13. The van der Waals surface area contributed by atoms with Gasteiger partial charge in [-0.1, -0.05) is 37.8 Å². The Labute approximate surface area is 260 Å². The van der Waals surface area contributed by atoms with Gasteiger partial charge in [-0.2, -0.15) is 0 Å². The van der Waals surface area contributed by atoms with Gasteiger partial charge in [-0.3, -0.25) is 24.4 Å². The van der Waals surface area contributed by atoms with Gasteiger partial charge in [0.05, 0.1) is 34.9 Å². The molecule has 44 heavy (non-hydrogen) atoms. The predicted molar refractivity (Wildman–Crippen MR) is 173 cm³/mol. The Morgan fingerprint density at radius 3 is 2.48 bits per heavy atom. The maximum Gasteiger partial charge on any atom is 0.261 e. The van der Waals surface area contributed by atoms with Crippen LogP contribution in [0.5, 0.6) is 0 Å².